The fraction of sp³-hybridized carbons (Fsp3) is 0.684. The summed E-state index contributed by atoms with van der Waals surface area (Å²) in [4.78, 5) is 2.56. The third-order valence-electron chi connectivity index (χ3n) is 5.70. The molecule has 0 aliphatic carbocycles. The highest BCUT2D eigenvalue weighted by Crippen LogP contribution is 2.30. The van der Waals surface area contributed by atoms with Crippen molar-refractivity contribution in [1.29, 1.82) is 0 Å². The van der Waals surface area contributed by atoms with Crippen molar-refractivity contribution in [3.05, 3.63) is 35.9 Å². The summed E-state index contributed by atoms with van der Waals surface area (Å²) in [5.74, 6) is 0. The quantitative estimate of drug-likeness (QED) is 0.844. The van der Waals surface area contributed by atoms with Gasteiger partial charge in [0.2, 0.25) is 0 Å². The lowest BCUT2D eigenvalue weighted by molar-refractivity contribution is -0.0164. The molecule has 4 heteroatoms. The summed E-state index contributed by atoms with van der Waals surface area (Å²) in [6.45, 7) is 7.27. The summed E-state index contributed by atoms with van der Waals surface area (Å²) in [7, 11) is 0. The smallest absolute Gasteiger partial charge is 0.0501 e. The lowest BCUT2D eigenvalue weighted by Gasteiger charge is -2.36. The molecule has 2 atom stereocenters. The Morgan fingerprint density at radius 2 is 2.04 bits per heavy atom. The van der Waals surface area contributed by atoms with Gasteiger partial charge in [0.15, 0.2) is 0 Å². The Kier molecular flexibility index (Phi) is 5.70. The van der Waals surface area contributed by atoms with Crippen molar-refractivity contribution in [2.45, 2.75) is 38.3 Å². The van der Waals surface area contributed by atoms with Gasteiger partial charge in [0, 0.05) is 50.3 Å². The fourth-order valence-corrected chi connectivity index (χ4v) is 3.80. The zero-order chi connectivity index (χ0) is 16.1. The zero-order valence-electron chi connectivity index (χ0n) is 14.2. The summed E-state index contributed by atoms with van der Waals surface area (Å²) in [5.41, 5.74) is 1.42. The molecule has 1 aromatic carbocycles. The van der Waals surface area contributed by atoms with Gasteiger partial charge in [-0.15, -0.1) is 0 Å². The Balaban J connectivity index is 1.50. The first-order chi connectivity index (χ1) is 11.2. The summed E-state index contributed by atoms with van der Waals surface area (Å²) in [5, 5.41) is 13.5. The van der Waals surface area contributed by atoms with Crippen LogP contribution in [0.4, 0.5) is 0 Å². The highest BCUT2D eigenvalue weighted by Gasteiger charge is 2.34. The molecule has 2 aliphatic heterocycles. The normalized spacial score (nSPS) is 26.3. The van der Waals surface area contributed by atoms with E-state index in [1.165, 1.54) is 12.0 Å². The molecular weight excluding hydrogens is 288 g/mol. The molecular formula is C19H30N2O2. The van der Waals surface area contributed by atoms with E-state index in [2.05, 4.69) is 47.5 Å². The molecule has 2 heterocycles. The molecule has 0 radical (unpaired) electrons. The first-order valence-corrected chi connectivity index (χ1v) is 8.93. The number of likely N-dealkylation sites (tertiary alicyclic amines) is 1. The van der Waals surface area contributed by atoms with Crippen LogP contribution in [0.25, 0.3) is 0 Å². The largest absolute Gasteiger partial charge is 0.396 e. The van der Waals surface area contributed by atoms with Crippen LogP contribution in [0, 0.1) is 5.41 Å². The Bertz CT molecular complexity index is 474. The van der Waals surface area contributed by atoms with E-state index in [0.29, 0.717) is 12.1 Å². The van der Waals surface area contributed by atoms with Crippen LogP contribution >= 0.6 is 0 Å². The maximum atomic E-state index is 9.80. The van der Waals surface area contributed by atoms with Crippen LogP contribution in [0.2, 0.25) is 0 Å². The second-order valence-electron chi connectivity index (χ2n) is 7.22. The number of benzene rings is 1. The molecule has 0 saturated carbocycles. The predicted octanol–water partition coefficient (Wildman–Crippen LogP) is 2.20. The van der Waals surface area contributed by atoms with Crippen LogP contribution in [0.5, 0.6) is 0 Å². The number of nitrogens with zero attached hydrogens (tertiary/aromatic N) is 1. The van der Waals surface area contributed by atoms with Gasteiger partial charge < -0.3 is 15.2 Å². The molecule has 0 amide bonds. The second-order valence-corrected chi connectivity index (χ2v) is 7.22. The van der Waals surface area contributed by atoms with Gasteiger partial charge in [-0.05, 0) is 31.7 Å². The van der Waals surface area contributed by atoms with Gasteiger partial charge in [-0.1, -0.05) is 30.3 Å². The minimum Gasteiger partial charge on any atom is -0.396 e. The molecule has 0 aromatic heterocycles. The zero-order valence-corrected chi connectivity index (χ0v) is 14.2. The highest BCUT2D eigenvalue weighted by atomic mass is 16.5. The van der Waals surface area contributed by atoms with Crippen molar-refractivity contribution in [3.8, 4) is 0 Å². The first-order valence-electron chi connectivity index (χ1n) is 8.93. The maximum Gasteiger partial charge on any atom is 0.0501 e. The number of ether oxygens (including phenoxy) is 1. The Hall–Kier alpha value is -0.940. The lowest BCUT2D eigenvalue weighted by Crippen LogP contribution is -2.45. The molecule has 3 rings (SSSR count). The van der Waals surface area contributed by atoms with Gasteiger partial charge in [0.1, 0.15) is 0 Å². The molecule has 0 spiro atoms. The SMILES string of the molecule is CC(c1ccccc1)N1CCC(NCC2(CO)CCOCC2)C1. The molecule has 2 unspecified atom stereocenters. The minimum absolute atomic E-state index is 0.0245. The standard InChI is InChI=1S/C19H30N2O2/c1-16(17-5-3-2-4-6-17)21-10-7-18(13-21)20-14-19(15-22)8-11-23-12-9-19/h2-6,16,18,20,22H,7-15H2,1H3. The number of hydrogen-bond donors (Lipinski definition) is 2. The topological polar surface area (TPSA) is 44.7 Å². The fourth-order valence-electron chi connectivity index (χ4n) is 3.80. The van der Waals surface area contributed by atoms with Crippen molar-refractivity contribution in [1.82, 2.24) is 10.2 Å². The number of aliphatic hydroxyl groups excluding tert-OH is 1. The van der Waals surface area contributed by atoms with E-state index >= 15 is 0 Å². The number of aliphatic hydroxyl groups is 1. The molecule has 1 aromatic rings. The van der Waals surface area contributed by atoms with E-state index in [0.717, 1.165) is 45.7 Å². The van der Waals surface area contributed by atoms with E-state index in [4.69, 9.17) is 4.74 Å². The Labute approximate surface area is 139 Å². The molecule has 2 N–H and O–H groups in total. The van der Waals surface area contributed by atoms with Crippen LogP contribution < -0.4 is 5.32 Å². The van der Waals surface area contributed by atoms with Crippen LogP contribution in [-0.2, 0) is 4.74 Å². The number of hydrogen-bond acceptors (Lipinski definition) is 4. The van der Waals surface area contributed by atoms with E-state index < -0.39 is 0 Å². The van der Waals surface area contributed by atoms with Gasteiger partial charge in [-0.2, -0.15) is 0 Å². The van der Waals surface area contributed by atoms with Gasteiger partial charge in [-0.3, -0.25) is 4.90 Å². The maximum absolute atomic E-state index is 9.80. The van der Waals surface area contributed by atoms with Crippen LogP contribution in [0.3, 0.4) is 0 Å². The van der Waals surface area contributed by atoms with Gasteiger partial charge in [-0.25, -0.2) is 0 Å². The van der Waals surface area contributed by atoms with Crippen molar-refractivity contribution in [2.24, 2.45) is 5.41 Å². The number of nitrogens with one attached hydrogen (secondary N) is 1. The van der Waals surface area contributed by atoms with Crippen molar-refractivity contribution >= 4 is 0 Å². The lowest BCUT2D eigenvalue weighted by atomic mass is 9.81. The molecule has 23 heavy (non-hydrogen) atoms. The summed E-state index contributed by atoms with van der Waals surface area (Å²) in [6.07, 6.45) is 3.12. The molecule has 0 bridgehead atoms. The minimum atomic E-state index is 0.0245. The monoisotopic (exact) mass is 318 g/mol. The van der Waals surface area contributed by atoms with Crippen LogP contribution in [-0.4, -0.2) is 55.5 Å². The van der Waals surface area contributed by atoms with Gasteiger partial charge in [0.05, 0.1) is 6.61 Å². The van der Waals surface area contributed by atoms with Gasteiger partial charge >= 0.3 is 0 Å². The van der Waals surface area contributed by atoms with Crippen LogP contribution in [0.15, 0.2) is 30.3 Å². The van der Waals surface area contributed by atoms with E-state index in [-0.39, 0.29) is 12.0 Å². The van der Waals surface area contributed by atoms with E-state index in [9.17, 15) is 5.11 Å². The highest BCUT2D eigenvalue weighted by molar-refractivity contribution is 5.18. The van der Waals surface area contributed by atoms with Crippen molar-refractivity contribution in [2.75, 3.05) is 39.5 Å². The Morgan fingerprint density at radius 1 is 1.30 bits per heavy atom. The van der Waals surface area contributed by atoms with E-state index in [1.54, 1.807) is 0 Å². The molecule has 128 valence electrons. The Morgan fingerprint density at radius 3 is 2.74 bits per heavy atom. The van der Waals surface area contributed by atoms with Gasteiger partial charge in [0.25, 0.3) is 0 Å². The molecule has 2 aliphatic rings. The molecule has 2 saturated heterocycles. The van der Waals surface area contributed by atoms with E-state index in [1.807, 2.05) is 0 Å². The average Bonchev–Trinajstić information content (AvgIpc) is 3.10. The second kappa shape index (κ2) is 7.75. The number of rotatable bonds is 6. The van der Waals surface area contributed by atoms with Crippen molar-refractivity contribution < 1.29 is 9.84 Å². The van der Waals surface area contributed by atoms with Crippen molar-refractivity contribution in [3.63, 3.8) is 0 Å². The summed E-state index contributed by atoms with van der Waals surface area (Å²) >= 11 is 0. The third kappa shape index (κ3) is 4.13. The predicted molar refractivity (Wildman–Crippen MR) is 92.4 cm³/mol. The molecule has 2 fully saturated rings. The summed E-state index contributed by atoms with van der Waals surface area (Å²) in [6, 6.07) is 11.8. The third-order valence-corrected chi connectivity index (χ3v) is 5.70. The summed E-state index contributed by atoms with van der Waals surface area (Å²) < 4.78 is 5.45. The molecule has 4 nitrogen and oxygen atoms in total. The average molecular weight is 318 g/mol. The first kappa shape index (κ1) is 16.9. The van der Waals surface area contributed by atoms with Crippen LogP contribution in [0.1, 0.15) is 37.8 Å².